The van der Waals surface area contributed by atoms with E-state index >= 15 is 0 Å². The number of nitrogens with one attached hydrogen (secondary N) is 2. The normalized spacial score (nSPS) is 11.8. The van der Waals surface area contributed by atoms with Crippen molar-refractivity contribution in [3.8, 4) is 0 Å². The molecule has 1 rings (SSSR count). The quantitative estimate of drug-likeness (QED) is 0.726. The predicted molar refractivity (Wildman–Crippen MR) is 76.1 cm³/mol. The molecule has 0 spiro atoms. The van der Waals surface area contributed by atoms with E-state index in [4.69, 9.17) is 0 Å². The molecular formula is C13H20F2N2O2S. The lowest BCUT2D eigenvalue weighted by molar-refractivity contribution is 0.560. The van der Waals surface area contributed by atoms with Crippen molar-refractivity contribution in [2.45, 2.75) is 32.7 Å². The largest absolute Gasteiger partial charge is 0.315 e. The van der Waals surface area contributed by atoms with Gasteiger partial charge in [-0.3, -0.25) is 4.72 Å². The molecule has 7 heteroatoms. The van der Waals surface area contributed by atoms with Crippen molar-refractivity contribution in [1.29, 1.82) is 0 Å². The van der Waals surface area contributed by atoms with E-state index in [1.807, 2.05) is 13.8 Å². The maximum Gasteiger partial charge on any atom is 0.232 e. The van der Waals surface area contributed by atoms with Crippen LogP contribution in [0.5, 0.6) is 0 Å². The van der Waals surface area contributed by atoms with E-state index in [9.17, 15) is 17.2 Å². The maximum atomic E-state index is 13.3. The number of hydrogen-bond donors (Lipinski definition) is 2. The predicted octanol–water partition coefficient (Wildman–Crippen LogP) is 2.48. The van der Waals surface area contributed by atoms with Crippen LogP contribution in [0.3, 0.4) is 0 Å². The first kappa shape index (κ1) is 16.8. The van der Waals surface area contributed by atoms with Gasteiger partial charge >= 0.3 is 0 Å². The summed E-state index contributed by atoms with van der Waals surface area (Å²) in [5.74, 6) is -1.76. The highest BCUT2D eigenvalue weighted by atomic mass is 32.2. The highest BCUT2D eigenvalue weighted by Gasteiger charge is 2.13. The molecule has 0 aliphatic rings. The zero-order valence-corrected chi connectivity index (χ0v) is 12.4. The number of halogens is 2. The second-order valence-corrected chi connectivity index (χ2v) is 6.70. The summed E-state index contributed by atoms with van der Waals surface area (Å²) in [5, 5.41) is 3.18. The molecule has 0 saturated carbocycles. The summed E-state index contributed by atoms with van der Waals surface area (Å²) >= 11 is 0. The molecule has 20 heavy (non-hydrogen) atoms. The van der Waals surface area contributed by atoms with E-state index in [0.29, 0.717) is 24.9 Å². The van der Waals surface area contributed by atoms with Crippen LogP contribution < -0.4 is 10.0 Å². The van der Waals surface area contributed by atoms with Crippen molar-refractivity contribution in [2.75, 3.05) is 17.0 Å². The third-order valence-corrected chi connectivity index (χ3v) is 3.95. The molecule has 0 atom stereocenters. The van der Waals surface area contributed by atoms with E-state index in [0.717, 1.165) is 18.7 Å². The van der Waals surface area contributed by atoms with Gasteiger partial charge in [0.05, 0.1) is 11.4 Å². The molecule has 0 amide bonds. The van der Waals surface area contributed by atoms with Crippen LogP contribution in [-0.4, -0.2) is 26.8 Å². The minimum absolute atomic E-state index is 0.0937. The summed E-state index contributed by atoms with van der Waals surface area (Å²) in [6.45, 7) is 4.75. The highest BCUT2D eigenvalue weighted by Crippen LogP contribution is 2.16. The minimum Gasteiger partial charge on any atom is -0.315 e. The van der Waals surface area contributed by atoms with Crippen LogP contribution in [0.25, 0.3) is 0 Å². The fourth-order valence-electron chi connectivity index (χ4n) is 1.60. The van der Waals surface area contributed by atoms with Crippen LogP contribution in [0.15, 0.2) is 18.2 Å². The van der Waals surface area contributed by atoms with Crippen LogP contribution in [-0.2, 0) is 10.0 Å². The fraction of sp³-hybridized carbons (Fsp3) is 0.538. The number of unbranched alkanes of at least 4 members (excludes halogenated alkanes) is 1. The molecule has 2 N–H and O–H groups in total. The molecule has 1 aromatic carbocycles. The third kappa shape index (κ3) is 6.29. The van der Waals surface area contributed by atoms with E-state index < -0.39 is 21.7 Å². The number of sulfonamides is 1. The SMILES string of the molecule is CC(C)NCCCCS(=O)(=O)Nc1ccc(F)cc1F. The van der Waals surface area contributed by atoms with Crippen LogP contribution in [0.2, 0.25) is 0 Å². The summed E-state index contributed by atoms with van der Waals surface area (Å²) in [7, 11) is -3.61. The first-order valence-corrected chi connectivity index (χ1v) is 8.14. The summed E-state index contributed by atoms with van der Waals surface area (Å²) in [4.78, 5) is 0. The number of benzene rings is 1. The first-order valence-electron chi connectivity index (χ1n) is 6.49. The Morgan fingerprint density at radius 3 is 2.50 bits per heavy atom. The monoisotopic (exact) mass is 306 g/mol. The van der Waals surface area contributed by atoms with Crippen molar-refractivity contribution >= 4 is 15.7 Å². The Morgan fingerprint density at radius 2 is 1.90 bits per heavy atom. The molecule has 0 aliphatic carbocycles. The summed E-state index contributed by atoms with van der Waals surface area (Å²) in [6, 6.07) is 3.08. The Labute approximate surface area is 118 Å². The first-order chi connectivity index (χ1) is 9.30. The minimum atomic E-state index is -3.61. The van der Waals surface area contributed by atoms with Crippen LogP contribution in [0.4, 0.5) is 14.5 Å². The smallest absolute Gasteiger partial charge is 0.232 e. The van der Waals surface area contributed by atoms with Gasteiger partial charge in [-0.2, -0.15) is 0 Å². The molecule has 4 nitrogen and oxygen atoms in total. The lowest BCUT2D eigenvalue weighted by Crippen LogP contribution is -2.24. The molecule has 0 bridgehead atoms. The fourth-order valence-corrected chi connectivity index (χ4v) is 2.79. The van der Waals surface area contributed by atoms with Crippen molar-refractivity contribution < 1.29 is 17.2 Å². The van der Waals surface area contributed by atoms with Crippen LogP contribution >= 0.6 is 0 Å². The van der Waals surface area contributed by atoms with Gasteiger partial charge in [-0.1, -0.05) is 13.8 Å². The highest BCUT2D eigenvalue weighted by molar-refractivity contribution is 7.92. The number of anilines is 1. The van der Waals surface area contributed by atoms with Gasteiger partial charge in [-0.05, 0) is 31.5 Å². The standard InChI is InChI=1S/C13H20F2N2O2S/c1-10(2)16-7-3-4-8-20(18,19)17-13-6-5-11(14)9-12(13)15/h5-6,9-10,16-17H,3-4,7-8H2,1-2H3. The van der Waals surface area contributed by atoms with Crippen molar-refractivity contribution in [3.63, 3.8) is 0 Å². The third-order valence-electron chi connectivity index (χ3n) is 2.59. The molecular weight excluding hydrogens is 286 g/mol. The van der Waals surface area contributed by atoms with Gasteiger partial charge in [0, 0.05) is 12.1 Å². The van der Waals surface area contributed by atoms with Gasteiger partial charge in [0.2, 0.25) is 10.0 Å². The molecule has 0 unspecified atom stereocenters. The lowest BCUT2D eigenvalue weighted by atomic mass is 10.3. The average Bonchev–Trinajstić information content (AvgIpc) is 2.32. The molecule has 0 heterocycles. The summed E-state index contributed by atoms with van der Waals surface area (Å²) in [5.41, 5.74) is -0.230. The van der Waals surface area contributed by atoms with Crippen LogP contribution in [0.1, 0.15) is 26.7 Å². The van der Waals surface area contributed by atoms with Crippen molar-refractivity contribution in [2.24, 2.45) is 0 Å². The maximum absolute atomic E-state index is 13.3. The van der Waals surface area contributed by atoms with Crippen molar-refractivity contribution in [3.05, 3.63) is 29.8 Å². The van der Waals surface area contributed by atoms with Crippen LogP contribution in [0, 0.1) is 11.6 Å². The Hall–Kier alpha value is -1.21. The average molecular weight is 306 g/mol. The zero-order chi connectivity index (χ0) is 15.2. The van der Waals surface area contributed by atoms with E-state index in [2.05, 4.69) is 10.0 Å². The van der Waals surface area contributed by atoms with E-state index in [1.54, 1.807) is 0 Å². The number of rotatable bonds is 8. The summed E-state index contributed by atoms with van der Waals surface area (Å²) < 4.78 is 51.7. The topological polar surface area (TPSA) is 58.2 Å². The van der Waals surface area contributed by atoms with Gasteiger partial charge < -0.3 is 5.32 Å². The molecule has 0 fully saturated rings. The van der Waals surface area contributed by atoms with Gasteiger partial charge in [-0.25, -0.2) is 17.2 Å². The Morgan fingerprint density at radius 1 is 1.20 bits per heavy atom. The molecule has 0 aliphatic heterocycles. The molecule has 0 aromatic heterocycles. The second kappa shape index (κ2) is 7.54. The van der Waals surface area contributed by atoms with E-state index in [-0.39, 0.29) is 11.4 Å². The van der Waals surface area contributed by atoms with Gasteiger partial charge in [0.15, 0.2) is 0 Å². The van der Waals surface area contributed by atoms with Gasteiger partial charge in [0.25, 0.3) is 0 Å². The molecule has 1 aromatic rings. The molecule has 114 valence electrons. The van der Waals surface area contributed by atoms with Gasteiger partial charge in [-0.15, -0.1) is 0 Å². The Balaban J connectivity index is 2.45. The Kier molecular flexibility index (Phi) is 6.35. The van der Waals surface area contributed by atoms with E-state index in [1.165, 1.54) is 0 Å². The molecule has 0 radical (unpaired) electrons. The van der Waals surface area contributed by atoms with Gasteiger partial charge in [0.1, 0.15) is 11.6 Å². The van der Waals surface area contributed by atoms with Crippen molar-refractivity contribution in [1.82, 2.24) is 5.32 Å². The summed E-state index contributed by atoms with van der Waals surface area (Å²) in [6.07, 6.45) is 1.18. The zero-order valence-electron chi connectivity index (χ0n) is 11.6. The molecule has 0 saturated heterocycles. The lowest BCUT2D eigenvalue weighted by Gasteiger charge is -2.10. The number of hydrogen-bond acceptors (Lipinski definition) is 3. The second-order valence-electron chi connectivity index (χ2n) is 4.86. The Bertz CT molecular complexity index is 533.